The summed E-state index contributed by atoms with van der Waals surface area (Å²) in [4.78, 5) is 17.8. The molecule has 1 atom stereocenters. The molecule has 0 aliphatic heterocycles. The van der Waals surface area contributed by atoms with Crippen LogP contribution in [0.25, 0.3) is 21.9 Å². The number of amides is 1. The lowest BCUT2D eigenvalue weighted by atomic mass is 10.1. The number of rotatable bonds is 6. The molecule has 0 fully saturated rings. The minimum Gasteiger partial charge on any atom is -0.351 e. The van der Waals surface area contributed by atoms with Gasteiger partial charge in [-0.15, -0.1) is 0 Å². The van der Waals surface area contributed by atoms with Crippen LogP contribution in [0.15, 0.2) is 54.7 Å². The van der Waals surface area contributed by atoms with E-state index in [2.05, 4.69) is 28.3 Å². The lowest BCUT2D eigenvalue weighted by Crippen LogP contribution is -2.30. The number of nitrogens with one attached hydrogen (secondary N) is 1. The first kappa shape index (κ1) is 18.6. The Hall–Kier alpha value is -2.73. The second kappa shape index (κ2) is 7.72. The topological polar surface area (TPSA) is 51.9 Å². The van der Waals surface area contributed by atoms with Gasteiger partial charge < -0.3 is 14.5 Å². The van der Waals surface area contributed by atoms with E-state index in [9.17, 15) is 4.79 Å². The zero-order chi connectivity index (χ0) is 19.7. The number of aromatic nitrogens is 3. The number of carbonyl (C=O) groups excluding carboxylic acids is 1. The van der Waals surface area contributed by atoms with Gasteiger partial charge in [-0.05, 0) is 54.1 Å². The van der Waals surface area contributed by atoms with Gasteiger partial charge in [0, 0.05) is 31.4 Å². The highest BCUT2D eigenvalue weighted by atomic mass is 32.2. The Morgan fingerprint density at radius 3 is 2.75 bits per heavy atom. The molecule has 5 nitrogen and oxygen atoms in total. The van der Waals surface area contributed by atoms with Crippen molar-refractivity contribution in [1.29, 1.82) is 0 Å². The van der Waals surface area contributed by atoms with E-state index in [0.717, 1.165) is 39.9 Å². The summed E-state index contributed by atoms with van der Waals surface area (Å²) in [5.41, 5.74) is 3.75. The number of fused-ring (bicyclic) bond motifs is 2. The lowest BCUT2D eigenvalue weighted by Gasteiger charge is -2.18. The van der Waals surface area contributed by atoms with Crippen molar-refractivity contribution in [3.05, 3.63) is 66.1 Å². The molecule has 4 aromatic rings. The first-order valence-electron chi connectivity index (χ1n) is 9.34. The molecule has 0 bridgehead atoms. The van der Waals surface area contributed by atoms with Gasteiger partial charge in [-0.25, -0.2) is 4.98 Å². The van der Waals surface area contributed by atoms with Crippen LogP contribution in [0.4, 0.5) is 0 Å². The molecular formula is C22H24N4OS. The van der Waals surface area contributed by atoms with Gasteiger partial charge in [0.05, 0.1) is 17.1 Å². The molecule has 2 heterocycles. The van der Waals surface area contributed by atoms with Crippen LogP contribution in [0.1, 0.15) is 28.6 Å². The van der Waals surface area contributed by atoms with Crippen LogP contribution in [0, 0.1) is 0 Å². The Kier molecular flexibility index (Phi) is 5.13. The summed E-state index contributed by atoms with van der Waals surface area (Å²) in [6, 6.07) is 15.8. The summed E-state index contributed by atoms with van der Waals surface area (Å²) in [5, 5.41) is 4.35. The van der Waals surface area contributed by atoms with Crippen molar-refractivity contribution >= 4 is 39.6 Å². The van der Waals surface area contributed by atoms with Crippen molar-refractivity contribution in [2.45, 2.75) is 12.5 Å². The maximum Gasteiger partial charge on any atom is 0.251 e. The summed E-state index contributed by atoms with van der Waals surface area (Å²) in [6.07, 6.45) is 4.92. The number of benzene rings is 2. The molecule has 28 heavy (non-hydrogen) atoms. The maximum atomic E-state index is 13.0. The highest BCUT2D eigenvalue weighted by Gasteiger charge is 2.21. The van der Waals surface area contributed by atoms with Gasteiger partial charge in [-0.2, -0.15) is 11.8 Å². The van der Waals surface area contributed by atoms with Crippen LogP contribution in [0.3, 0.4) is 0 Å². The third kappa shape index (κ3) is 3.40. The fourth-order valence-corrected chi connectivity index (χ4v) is 4.09. The fourth-order valence-electron chi connectivity index (χ4n) is 3.62. The first-order chi connectivity index (χ1) is 13.6. The van der Waals surface area contributed by atoms with Gasteiger partial charge in [0.25, 0.3) is 5.91 Å². The molecule has 0 saturated heterocycles. The predicted molar refractivity (Wildman–Crippen MR) is 117 cm³/mol. The number of aryl methyl sites for hydroxylation is 2. The molecule has 2 aromatic carbocycles. The van der Waals surface area contributed by atoms with Crippen molar-refractivity contribution in [3.63, 3.8) is 0 Å². The van der Waals surface area contributed by atoms with Crippen molar-refractivity contribution in [2.24, 2.45) is 14.1 Å². The van der Waals surface area contributed by atoms with E-state index in [4.69, 9.17) is 4.98 Å². The predicted octanol–water partition coefficient (Wildman–Crippen LogP) is 4.29. The van der Waals surface area contributed by atoms with Gasteiger partial charge in [-0.1, -0.05) is 18.2 Å². The summed E-state index contributed by atoms with van der Waals surface area (Å²) in [6.45, 7) is 0. The molecular weight excluding hydrogens is 368 g/mol. The number of carbonyl (C=O) groups is 1. The van der Waals surface area contributed by atoms with Crippen LogP contribution >= 0.6 is 11.8 Å². The van der Waals surface area contributed by atoms with E-state index in [0.29, 0.717) is 5.56 Å². The molecule has 0 aliphatic rings. The van der Waals surface area contributed by atoms with Crippen LogP contribution in [-0.2, 0) is 14.1 Å². The number of para-hydroxylation sites is 2. The number of thioether (sulfide) groups is 1. The molecule has 2 aromatic heterocycles. The summed E-state index contributed by atoms with van der Waals surface area (Å²) >= 11 is 1.77. The largest absolute Gasteiger partial charge is 0.351 e. The van der Waals surface area contributed by atoms with Crippen molar-refractivity contribution in [2.75, 3.05) is 12.0 Å². The zero-order valence-electron chi connectivity index (χ0n) is 16.3. The molecule has 4 rings (SSSR count). The van der Waals surface area contributed by atoms with Gasteiger partial charge >= 0.3 is 0 Å². The Morgan fingerprint density at radius 2 is 1.96 bits per heavy atom. The Labute approximate surface area is 168 Å². The normalized spacial score (nSPS) is 12.5. The minimum atomic E-state index is -0.138. The number of nitrogens with zero attached hydrogens (tertiary/aromatic N) is 3. The summed E-state index contributed by atoms with van der Waals surface area (Å²) in [7, 11) is 4.00. The highest BCUT2D eigenvalue weighted by Crippen LogP contribution is 2.24. The SMILES string of the molecule is CSCC[C@@H](NC(=O)c1ccc2ccn(C)c2c1)c1nc2ccccc2n1C. The molecule has 0 saturated carbocycles. The van der Waals surface area contributed by atoms with Crippen LogP contribution in [0.5, 0.6) is 0 Å². The quantitative estimate of drug-likeness (QED) is 0.533. The molecule has 1 amide bonds. The lowest BCUT2D eigenvalue weighted by molar-refractivity contribution is 0.0933. The Morgan fingerprint density at radius 1 is 1.14 bits per heavy atom. The number of hydrogen-bond donors (Lipinski definition) is 1. The van der Waals surface area contributed by atoms with Crippen molar-refractivity contribution in [1.82, 2.24) is 19.4 Å². The average molecular weight is 393 g/mol. The van der Waals surface area contributed by atoms with Gasteiger partial charge in [0.1, 0.15) is 5.82 Å². The first-order valence-corrected chi connectivity index (χ1v) is 10.7. The summed E-state index contributed by atoms with van der Waals surface area (Å²) in [5.74, 6) is 1.77. The maximum absolute atomic E-state index is 13.0. The minimum absolute atomic E-state index is 0.0683. The average Bonchev–Trinajstić information content (AvgIpc) is 3.25. The fraction of sp³-hybridized carbons (Fsp3) is 0.273. The molecule has 0 radical (unpaired) electrons. The van der Waals surface area contributed by atoms with Gasteiger partial charge in [0.2, 0.25) is 0 Å². The molecule has 6 heteroatoms. The smallest absolute Gasteiger partial charge is 0.251 e. The third-order valence-corrected chi connectivity index (χ3v) is 5.84. The molecule has 0 spiro atoms. The van der Waals surface area contributed by atoms with Crippen LogP contribution in [0.2, 0.25) is 0 Å². The van der Waals surface area contributed by atoms with E-state index in [1.807, 2.05) is 61.3 Å². The highest BCUT2D eigenvalue weighted by molar-refractivity contribution is 7.98. The monoisotopic (exact) mass is 392 g/mol. The number of imidazole rings is 1. The van der Waals surface area contributed by atoms with Crippen molar-refractivity contribution < 1.29 is 4.79 Å². The molecule has 144 valence electrons. The zero-order valence-corrected chi connectivity index (χ0v) is 17.2. The van der Waals surface area contributed by atoms with Crippen LogP contribution in [-0.4, -0.2) is 32.0 Å². The second-order valence-electron chi connectivity index (χ2n) is 7.03. The molecule has 0 unspecified atom stereocenters. The second-order valence-corrected chi connectivity index (χ2v) is 8.01. The third-order valence-electron chi connectivity index (χ3n) is 5.20. The van der Waals surface area contributed by atoms with Crippen molar-refractivity contribution in [3.8, 4) is 0 Å². The van der Waals surface area contributed by atoms with Gasteiger partial charge in [-0.3, -0.25) is 4.79 Å². The number of hydrogen-bond acceptors (Lipinski definition) is 3. The summed E-state index contributed by atoms with van der Waals surface area (Å²) < 4.78 is 4.11. The molecule has 0 aliphatic carbocycles. The van der Waals surface area contributed by atoms with E-state index >= 15 is 0 Å². The van der Waals surface area contributed by atoms with E-state index in [-0.39, 0.29) is 11.9 Å². The molecule has 1 N–H and O–H groups in total. The van der Waals surface area contributed by atoms with E-state index in [1.165, 1.54) is 0 Å². The van der Waals surface area contributed by atoms with E-state index in [1.54, 1.807) is 11.8 Å². The Bertz CT molecular complexity index is 1140. The standard InChI is InChI=1S/C22H24N4OS/c1-25-12-10-15-8-9-16(14-20(15)25)22(27)24-18(11-13-28-3)21-23-17-6-4-5-7-19(17)26(21)2/h4-10,12,14,18H,11,13H2,1-3H3,(H,24,27)/t18-/m1/s1. The van der Waals surface area contributed by atoms with Crippen LogP contribution < -0.4 is 5.32 Å². The van der Waals surface area contributed by atoms with E-state index < -0.39 is 0 Å². The Balaban J connectivity index is 1.65. The van der Waals surface area contributed by atoms with Gasteiger partial charge in [0.15, 0.2) is 0 Å².